The molecule has 0 spiro atoms. The van der Waals surface area contributed by atoms with Crippen LogP contribution in [0.3, 0.4) is 0 Å². The molecule has 0 heterocycles. The van der Waals surface area contributed by atoms with Gasteiger partial charge in [0.25, 0.3) is 0 Å². The quantitative estimate of drug-likeness (QED) is 0.876. The molecule has 2 aromatic carbocycles. The zero-order valence-corrected chi connectivity index (χ0v) is 12.4. The van der Waals surface area contributed by atoms with Gasteiger partial charge in [-0.05, 0) is 58.2 Å². The van der Waals surface area contributed by atoms with E-state index in [0.717, 1.165) is 20.5 Å². The fraction of sp³-hybridized carbons (Fsp3) is 0.143. The van der Waals surface area contributed by atoms with E-state index in [1.54, 1.807) is 0 Å². The van der Waals surface area contributed by atoms with E-state index in [1.807, 2.05) is 49.4 Å². The van der Waals surface area contributed by atoms with E-state index < -0.39 is 10.8 Å². The van der Waals surface area contributed by atoms with Crippen LogP contribution in [0.1, 0.15) is 11.1 Å². The molecule has 0 bridgehead atoms. The SMILES string of the molecule is Cc1cccc(S(=O)Cc2ccc(Br)c(N)c2)c1. The second-order valence-electron chi connectivity index (χ2n) is 4.16. The van der Waals surface area contributed by atoms with Crippen LogP contribution in [0.25, 0.3) is 0 Å². The van der Waals surface area contributed by atoms with Gasteiger partial charge in [0.1, 0.15) is 0 Å². The molecule has 0 saturated carbocycles. The third-order valence-corrected chi connectivity index (χ3v) is 4.71. The van der Waals surface area contributed by atoms with Crippen molar-refractivity contribution in [2.75, 3.05) is 5.73 Å². The molecule has 0 saturated heterocycles. The van der Waals surface area contributed by atoms with Crippen molar-refractivity contribution in [1.82, 2.24) is 0 Å². The Morgan fingerprint density at radius 1 is 1.22 bits per heavy atom. The van der Waals surface area contributed by atoms with Crippen LogP contribution in [0.2, 0.25) is 0 Å². The minimum atomic E-state index is -1.03. The molecule has 4 heteroatoms. The van der Waals surface area contributed by atoms with Crippen LogP contribution >= 0.6 is 15.9 Å². The first-order chi connectivity index (χ1) is 8.56. The number of hydrogen-bond acceptors (Lipinski definition) is 2. The summed E-state index contributed by atoms with van der Waals surface area (Å²) in [5.74, 6) is 0.487. The van der Waals surface area contributed by atoms with E-state index in [4.69, 9.17) is 5.73 Å². The summed E-state index contributed by atoms with van der Waals surface area (Å²) in [5.41, 5.74) is 8.59. The molecule has 0 radical (unpaired) electrons. The number of rotatable bonds is 3. The predicted molar refractivity (Wildman–Crippen MR) is 79.8 cm³/mol. The Morgan fingerprint density at radius 3 is 2.67 bits per heavy atom. The Morgan fingerprint density at radius 2 is 2.00 bits per heavy atom. The first-order valence-corrected chi connectivity index (χ1v) is 7.66. The molecule has 2 nitrogen and oxygen atoms in total. The van der Waals surface area contributed by atoms with Gasteiger partial charge in [0.15, 0.2) is 0 Å². The van der Waals surface area contributed by atoms with Crippen LogP contribution in [-0.2, 0) is 16.6 Å². The van der Waals surface area contributed by atoms with Crippen LogP contribution in [0.4, 0.5) is 5.69 Å². The summed E-state index contributed by atoms with van der Waals surface area (Å²) in [5, 5.41) is 0. The molecule has 0 amide bonds. The largest absolute Gasteiger partial charge is 0.398 e. The molecule has 2 aromatic rings. The normalized spacial score (nSPS) is 12.3. The fourth-order valence-electron chi connectivity index (χ4n) is 1.67. The van der Waals surface area contributed by atoms with E-state index >= 15 is 0 Å². The molecular formula is C14H14BrNOS. The molecule has 0 aliphatic rings. The maximum absolute atomic E-state index is 12.2. The molecule has 0 fully saturated rings. The van der Waals surface area contributed by atoms with Crippen molar-refractivity contribution in [2.45, 2.75) is 17.6 Å². The highest BCUT2D eigenvalue weighted by Gasteiger charge is 2.06. The van der Waals surface area contributed by atoms with E-state index in [9.17, 15) is 4.21 Å². The standard InChI is InChI=1S/C14H14BrNOS/c1-10-3-2-4-12(7-10)18(17)9-11-5-6-13(15)14(16)8-11/h2-8H,9,16H2,1H3. The number of anilines is 1. The lowest BCUT2D eigenvalue weighted by molar-refractivity contribution is 0.682. The van der Waals surface area contributed by atoms with Crippen LogP contribution in [0.5, 0.6) is 0 Å². The lowest BCUT2D eigenvalue weighted by Crippen LogP contribution is -1.98. The number of aryl methyl sites for hydroxylation is 1. The summed E-state index contributed by atoms with van der Waals surface area (Å²) in [6.07, 6.45) is 0. The summed E-state index contributed by atoms with van der Waals surface area (Å²) in [6, 6.07) is 13.5. The zero-order valence-electron chi connectivity index (χ0n) is 10.0. The smallest absolute Gasteiger partial charge is 0.0574 e. The van der Waals surface area contributed by atoms with Gasteiger partial charge in [-0.25, -0.2) is 0 Å². The Labute approximate surface area is 118 Å². The third-order valence-electron chi connectivity index (χ3n) is 2.61. The van der Waals surface area contributed by atoms with Gasteiger partial charge in [-0.2, -0.15) is 0 Å². The molecule has 0 aliphatic carbocycles. The monoisotopic (exact) mass is 323 g/mol. The summed E-state index contributed by atoms with van der Waals surface area (Å²) < 4.78 is 13.1. The molecule has 0 aliphatic heterocycles. The Balaban J connectivity index is 2.18. The highest BCUT2D eigenvalue weighted by molar-refractivity contribution is 9.10. The van der Waals surface area contributed by atoms with Crippen molar-refractivity contribution in [3.8, 4) is 0 Å². The van der Waals surface area contributed by atoms with Gasteiger partial charge in [0, 0.05) is 15.1 Å². The maximum atomic E-state index is 12.2. The van der Waals surface area contributed by atoms with Gasteiger partial charge < -0.3 is 5.73 Å². The second-order valence-corrected chi connectivity index (χ2v) is 6.47. The number of hydrogen-bond donors (Lipinski definition) is 1. The highest BCUT2D eigenvalue weighted by Crippen LogP contribution is 2.22. The number of nitrogens with two attached hydrogens (primary N) is 1. The van der Waals surface area contributed by atoms with Gasteiger partial charge in [-0.3, -0.25) is 4.21 Å². The van der Waals surface area contributed by atoms with Crippen molar-refractivity contribution in [3.63, 3.8) is 0 Å². The van der Waals surface area contributed by atoms with E-state index in [1.165, 1.54) is 0 Å². The van der Waals surface area contributed by atoms with E-state index in [-0.39, 0.29) is 0 Å². The maximum Gasteiger partial charge on any atom is 0.0574 e. The van der Waals surface area contributed by atoms with Gasteiger partial charge in [-0.1, -0.05) is 18.2 Å². The van der Waals surface area contributed by atoms with Crippen LogP contribution in [0.15, 0.2) is 51.8 Å². The van der Waals surface area contributed by atoms with Crippen LogP contribution in [0, 0.1) is 6.92 Å². The summed E-state index contributed by atoms with van der Waals surface area (Å²) in [6.45, 7) is 2.00. The molecule has 0 aromatic heterocycles. The first kappa shape index (κ1) is 13.3. The Bertz CT molecular complexity index is 598. The lowest BCUT2D eigenvalue weighted by Gasteiger charge is -2.05. The van der Waals surface area contributed by atoms with Gasteiger partial charge in [0.05, 0.1) is 16.6 Å². The Kier molecular flexibility index (Phi) is 4.19. The predicted octanol–water partition coefficient (Wildman–Crippen LogP) is 3.65. The second kappa shape index (κ2) is 5.67. The van der Waals surface area contributed by atoms with Crippen LogP contribution < -0.4 is 5.73 Å². The average Bonchev–Trinajstić information content (AvgIpc) is 2.34. The fourth-order valence-corrected chi connectivity index (χ4v) is 3.12. The number of halogens is 1. The van der Waals surface area contributed by atoms with Crippen molar-refractivity contribution in [2.24, 2.45) is 0 Å². The third kappa shape index (κ3) is 3.21. The molecule has 1 unspecified atom stereocenters. The van der Waals surface area contributed by atoms with Gasteiger partial charge >= 0.3 is 0 Å². The lowest BCUT2D eigenvalue weighted by atomic mass is 10.2. The number of nitrogen functional groups attached to an aromatic ring is 1. The van der Waals surface area contributed by atoms with Crippen molar-refractivity contribution in [1.29, 1.82) is 0 Å². The molecule has 1 atom stereocenters. The zero-order chi connectivity index (χ0) is 13.1. The summed E-state index contributed by atoms with van der Waals surface area (Å²) in [4.78, 5) is 0.858. The van der Waals surface area contributed by atoms with Gasteiger partial charge in [0.2, 0.25) is 0 Å². The van der Waals surface area contributed by atoms with Crippen molar-refractivity contribution >= 4 is 32.4 Å². The minimum absolute atomic E-state index is 0.487. The first-order valence-electron chi connectivity index (χ1n) is 5.55. The average molecular weight is 324 g/mol. The molecule has 94 valence electrons. The van der Waals surface area contributed by atoms with E-state index in [0.29, 0.717) is 11.4 Å². The summed E-state index contributed by atoms with van der Waals surface area (Å²) in [7, 11) is -1.03. The molecule has 2 N–H and O–H groups in total. The van der Waals surface area contributed by atoms with Crippen LogP contribution in [-0.4, -0.2) is 4.21 Å². The van der Waals surface area contributed by atoms with Crippen molar-refractivity contribution in [3.05, 3.63) is 58.1 Å². The number of benzene rings is 2. The van der Waals surface area contributed by atoms with Crippen molar-refractivity contribution < 1.29 is 4.21 Å². The minimum Gasteiger partial charge on any atom is -0.398 e. The topological polar surface area (TPSA) is 43.1 Å². The van der Waals surface area contributed by atoms with Gasteiger partial charge in [-0.15, -0.1) is 0 Å². The molecule has 2 rings (SSSR count). The summed E-state index contributed by atoms with van der Waals surface area (Å²) >= 11 is 3.35. The Hall–Kier alpha value is -1.13. The highest BCUT2D eigenvalue weighted by atomic mass is 79.9. The molecular weight excluding hydrogens is 310 g/mol. The van der Waals surface area contributed by atoms with E-state index in [2.05, 4.69) is 15.9 Å². The molecule has 18 heavy (non-hydrogen) atoms.